The van der Waals surface area contributed by atoms with Crippen LogP contribution in [-0.4, -0.2) is 21.9 Å². The Labute approximate surface area is 98.2 Å². The summed E-state index contributed by atoms with van der Waals surface area (Å²) in [4.78, 5) is 0. The molecule has 1 aliphatic rings. The first kappa shape index (κ1) is 11.6. The molecule has 0 aliphatic heterocycles. The van der Waals surface area contributed by atoms with Crippen molar-refractivity contribution in [2.75, 3.05) is 0 Å². The van der Waals surface area contributed by atoms with Crippen LogP contribution < -0.4 is 5.32 Å². The number of aryl methyl sites for hydroxylation is 1. The summed E-state index contributed by atoms with van der Waals surface area (Å²) in [6, 6.07) is 3.23. The van der Waals surface area contributed by atoms with Crippen LogP contribution in [0.1, 0.15) is 39.5 Å². The SMILES string of the molecule is CC(CCn1cccn1)NC(C)CC1CC1. The van der Waals surface area contributed by atoms with Crippen molar-refractivity contribution in [2.45, 2.75) is 58.2 Å². The summed E-state index contributed by atoms with van der Waals surface area (Å²) < 4.78 is 2.00. The van der Waals surface area contributed by atoms with E-state index in [1.54, 1.807) is 0 Å². The molecule has 1 heterocycles. The Morgan fingerprint density at radius 2 is 2.19 bits per heavy atom. The fourth-order valence-corrected chi connectivity index (χ4v) is 2.25. The van der Waals surface area contributed by atoms with Crippen molar-refractivity contribution in [3.8, 4) is 0 Å². The van der Waals surface area contributed by atoms with Gasteiger partial charge in [-0.1, -0.05) is 12.8 Å². The van der Waals surface area contributed by atoms with Crippen LogP contribution in [0.15, 0.2) is 18.5 Å². The molecule has 16 heavy (non-hydrogen) atoms. The second-order valence-electron chi connectivity index (χ2n) is 5.21. The Kier molecular flexibility index (Phi) is 3.99. The van der Waals surface area contributed by atoms with Crippen LogP contribution in [0.5, 0.6) is 0 Å². The Balaban J connectivity index is 1.61. The third-order valence-corrected chi connectivity index (χ3v) is 3.30. The van der Waals surface area contributed by atoms with Crippen molar-refractivity contribution in [3.63, 3.8) is 0 Å². The summed E-state index contributed by atoms with van der Waals surface area (Å²) in [7, 11) is 0. The summed E-state index contributed by atoms with van der Waals surface area (Å²) >= 11 is 0. The first-order valence-electron chi connectivity index (χ1n) is 6.47. The molecule has 0 aromatic carbocycles. The zero-order valence-electron chi connectivity index (χ0n) is 10.4. The van der Waals surface area contributed by atoms with Gasteiger partial charge in [-0.3, -0.25) is 4.68 Å². The molecule has 0 saturated heterocycles. The Bertz CT molecular complexity index is 290. The van der Waals surface area contributed by atoms with E-state index < -0.39 is 0 Å². The first-order chi connectivity index (χ1) is 7.74. The average Bonchev–Trinajstić information content (AvgIpc) is 2.89. The Morgan fingerprint density at radius 3 is 2.81 bits per heavy atom. The quantitative estimate of drug-likeness (QED) is 0.766. The number of hydrogen-bond donors (Lipinski definition) is 1. The van der Waals surface area contributed by atoms with Gasteiger partial charge in [-0.05, 0) is 38.7 Å². The molecular formula is C13H23N3. The molecule has 1 aliphatic carbocycles. The van der Waals surface area contributed by atoms with Crippen LogP contribution in [0.4, 0.5) is 0 Å². The van der Waals surface area contributed by atoms with Crippen molar-refractivity contribution in [2.24, 2.45) is 5.92 Å². The van der Waals surface area contributed by atoms with E-state index >= 15 is 0 Å². The first-order valence-corrected chi connectivity index (χ1v) is 6.47. The van der Waals surface area contributed by atoms with Crippen molar-refractivity contribution < 1.29 is 0 Å². The maximum atomic E-state index is 4.21. The molecule has 2 unspecified atom stereocenters. The largest absolute Gasteiger partial charge is 0.312 e. The van der Waals surface area contributed by atoms with Crippen molar-refractivity contribution in [1.29, 1.82) is 0 Å². The van der Waals surface area contributed by atoms with E-state index in [2.05, 4.69) is 24.3 Å². The van der Waals surface area contributed by atoms with Gasteiger partial charge >= 0.3 is 0 Å². The van der Waals surface area contributed by atoms with E-state index in [9.17, 15) is 0 Å². The summed E-state index contributed by atoms with van der Waals surface area (Å²) in [6.45, 7) is 5.59. The van der Waals surface area contributed by atoms with Gasteiger partial charge in [0, 0.05) is 31.0 Å². The van der Waals surface area contributed by atoms with Crippen LogP contribution in [-0.2, 0) is 6.54 Å². The number of hydrogen-bond acceptors (Lipinski definition) is 2. The van der Waals surface area contributed by atoms with Crippen LogP contribution in [0, 0.1) is 5.92 Å². The molecule has 0 bridgehead atoms. The van der Waals surface area contributed by atoms with Gasteiger partial charge in [-0.25, -0.2) is 0 Å². The van der Waals surface area contributed by atoms with Gasteiger partial charge < -0.3 is 5.32 Å². The molecule has 1 saturated carbocycles. The van der Waals surface area contributed by atoms with E-state index in [4.69, 9.17) is 0 Å². The maximum absolute atomic E-state index is 4.21. The number of aromatic nitrogens is 2. The van der Waals surface area contributed by atoms with Gasteiger partial charge in [0.25, 0.3) is 0 Å². The predicted octanol–water partition coefficient (Wildman–Crippen LogP) is 2.44. The minimum atomic E-state index is 0.581. The highest BCUT2D eigenvalue weighted by Gasteiger charge is 2.23. The van der Waals surface area contributed by atoms with Crippen LogP contribution in [0.25, 0.3) is 0 Å². The predicted molar refractivity (Wildman–Crippen MR) is 66.2 cm³/mol. The van der Waals surface area contributed by atoms with Crippen LogP contribution in [0.3, 0.4) is 0 Å². The molecule has 90 valence electrons. The van der Waals surface area contributed by atoms with E-state index in [0.717, 1.165) is 18.9 Å². The van der Waals surface area contributed by atoms with Crippen molar-refractivity contribution in [1.82, 2.24) is 15.1 Å². The summed E-state index contributed by atoms with van der Waals surface area (Å²) in [5.41, 5.74) is 0. The molecule has 3 heteroatoms. The van der Waals surface area contributed by atoms with E-state index in [1.165, 1.54) is 19.3 Å². The zero-order chi connectivity index (χ0) is 11.4. The summed E-state index contributed by atoms with van der Waals surface area (Å²) in [6.07, 6.45) is 9.28. The lowest BCUT2D eigenvalue weighted by Crippen LogP contribution is -2.35. The number of nitrogens with zero attached hydrogens (tertiary/aromatic N) is 2. The van der Waals surface area contributed by atoms with Gasteiger partial charge in [-0.2, -0.15) is 5.10 Å². The van der Waals surface area contributed by atoms with E-state index in [-0.39, 0.29) is 0 Å². The van der Waals surface area contributed by atoms with E-state index in [1.807, 2.05) is 23.1 Å². The minimum absolute atomic E-state index is 0.581. The fraction of sp³-hybridized carbons (Fsp3) is 0.769. The van der Waals surface area contributed by atoms with Gasteiger partial charge in [-0.15, -0.1) is 0 Å². The maximum Gasteiger partial charge on any atom is 0.0489 e. The van der Waals surface area contributed by atoms with Gasteiger partial charge in [0.2, 0.25) is 0 Å². The van der Waals surface area contributed by atoms with Crippen molar-refractivity contribution >= 4 is 0 Å². The molecule has 0 radical (unpaired) electrons. The van der Waals surface area contributed by atoms with Gasteiger partial charge in [0.1, 0.15) is 0 Å². The van der Waals surface area contributed by atoms with E-state index in [0.29, 0.717) is 12.1 Å². The highest BCUT2D eigenvalue weighted by Crippen LogP contribution is 2.33. The lowest BCUT2D eigenvalue weighted by Gasteiger charge is -2.19. The molecule has 1 aromatic heterocycles. The summed E-state index contributed by atoms with van der Waals surface area (Å²) in [5.74, 6) is 1.01. The van der Waals surface area contributed by atoms with Crippen molar-refractivity contribution in [3.05, 3.63) is 18.5 Å². The Morgan fingerprint density at radius 1 is 1.38 bits per heavy atom. The molecule has 0 amide bonds. The molecule has 1 aromatic rings. The molecule has 2 atom stereocenters. The third kappa shape index (κ3) is 3.97. The molecule has 3 nitrogen and oxygen atoms in total. The van der Waals surface area contributed by atoms with Gasteiger partial charge in [0.15, 0.2) is 0 Å². The highest BCUT2D eigenvalue weighted by atomic mass is 15.3. The van der Waals surface area contributed by atoms with Crippen LogP contribution >= 0.6 is 0 Å². The summed E-state index contributed by atoms with van der Waals surface area (Å²) in [5, 5.41) is 7.89. The normalized spacial score (nSPS) is 19.6. The second-order valence-corrected chi connectivity index (χ2v) is 5.21. The van der Waals surface area contributed by atoms with Crippen LogP contribution in [0.2, 0.25) is 0 Å². The zero-order valence-corrected chi connectivity index (χ0v) is 10.4. The standard InChI is InChI=1S/C13H23N3/c1-11(6-9-16-8-3-7-14-16)15-12(2)10-13-4-5-13/h3,7-8,11-13,15H,4-6,9-10H2,1-2H3. The smallest absolute Gasteiger partial charge is 0.0489 e. The molecule has 0 spiro atoms. The minimum Gasteiger partial charge on any atom is -0.312 e. The second kappa shape index (κ2) is 5.48. The number of nitrogens with one attached hydrogen (secondary N) is 1. The fourth-order valence-electron chi connectivity index (χ4n) is 2.25. The Hall–Kier alpha value is -0.830. The lowest BCUT2D eigenvalue weighted by atomic mass is 10.1. The molecule has 1 fully saturated rings. The lowest BCUT2D eigenvalue weighted by molar-refractivity contribution is 0.393. The monoisotopic (exact) mass is 221 g/mol. The number of rotatable bonds is 7. The average molecular weight is 221 g/mol. The molecule has 2 rings (SSSR count). The highest BCUT2D eigenvalue weighted by molar-refractivity contribution is 4.80. The van der Waals surface area contributed by atoms with Gasteiger partial charge in [0.05, 0.1) is 0 Å². The topological polar surface area (TPSA) is 29.9 Å². The third-order valence-electron chi connectivity index (χ3n) is 3.30. The molecular weight excluding hydrogens is 198 g/mol. The molecule has 1 N–H and O–H groups in total.